The van der Waals surface area contributed by atoms with Crippen LogP contribution in [0.15, 0.2) is 57.1 Å². The quantitative estimate of drug-likeness (QED) is 0.336. The molecule has 148 valence electrons. The van der Waals surface area contributed by atoms with E-state index in [0.29, 0.717) is 23.3 Å². The van der Waals surface area contributed by atoms with Gasteiger partial charge in [0.05, 0.1) is 17.7 Å². The third-order valence-electron chi connectivity index (χ3n) is 4.15. The van der Waals surface area contributed by atoms with Gasteiger partial charge in [-0.25, -0.2) is 8.78 Å². The first-order chi connectivity index (χ1) is 14.0. The Balaban J connectivity index is 1.84. The summed E-state index contributed by atoms with van der Waals surface area (Å²) in [5, 5.41) is 8.15. The van der Waals surface area contributed by atoms with E-state index in [1.807, 2.05) is 31.2 Å². The summed E-state index contributed by atoms with van der Waals surface area (Å²) in [6, 6.07) is 10.8. The fourth-order valence-corrected chi connectivity index (χ4v) is 3.61. The minimum atomic E-state index is -1.73. The topological polar surface area (TPSA) is 56.7 Å². The molecule has 0 N–H and O–H groups in total. The summed E-state index contributed by atoms with van der Waals surface area (Å²) in [6.45, 7) is 2.02. The molecule has 5 nitrogen and oxygen atoms in total. The van der Waals surface area contributed by atoms with Gasteiger partial charge in [-0.1, -0.05) is 24.3 Å². The van der Waals surface area contributed by atoms with E-state index in [1.165, 1.54) is 6.26 Å². The SMILES string of the molecule is Cc1ccccc1-c1nnc(Sc2c(F)c(F)nc(F)c2F)n1Cc1ccco1. The van der Waals surface area contributed by atoms with Crippen molar-refractivity contribution < 1.29 is 22.0 Å². The third-order valence-corrected chi connectivity index (χ3v) is 5.19. The molecule has 0 fully saturated rings. The smallest absolute Gasteiger partial charge is 0.252 e. The number of hydrogen-bond acceptors (Lipinski definition) is 5. The molecule has 3 heterocycles. The molecule has 29 heavy (non-hydrogen) atoms. The highest BCUT2D eigenvalue weighted by molar-refractivity contribution is 7.99. The molecule has 3 aromatic heterocycles. The molecule has 0 amide bonds. The highest BCUT2D eigenvalue weighted by Gasteiger charge is 2.25. The lowest BCUT2D eigenvalue weighted by atomic mass is 10.1. The van der Waals surface area contributed by atoms with Gasteiger partial charge in [0.15, 0.2) is 22.6 Å². The Kier molecular flexibility index (Phi) is 5.10. The van der Waals surface area contributed by atoms with Crippen LogP contribution in [0.1, 0.15) is 11.3 Å². The van der Waals surface area contributed by atoms with Gasteiger partial charge in [0.2, 0.25) is 0 Å². The molecule has 0 saturated carbocycles. The molecule has 0 radical (unpaired) electrons. The zero-order chi connectivity index (χ0) is 20.5. The maximum atomic E-state index is 14.1. The van der Waals surface area contributed by atoms with E-state index < -0.39 is 28.4 Å². The highest BCUT2D eigenvalue weighted by atomic mass is 32.2. The van der Waals surface area contributed by atoms with Crippen LogP contribution in [0.5, 0.6) is 0 Å². The van der Waals surface area contributed by atoms with Crippen LogP contribution in [0.25, 0.3) is 11.4 Å². The molecule has 0 spiro atoms. The van der Waals surface area contributed by atoms with Crippen LogP contribution in [0, 0.1) is 30.5 Å². The van der Waals surface area contributed by atoms with Crippen LogP contribution in [0.3, 0.4) is 0 Å². The molecular weight excluding hydrogens is 408 g/mol. The Bertz CT molecular complexity index is 1150. The van der Waals surface area contributed by atoms with E-state index in [0.717, 1.165) is 11.1 Å². The summed E-state index contributed by atoms with van der Waals surface area (Å²) >= 11 is 0.417. The fourth-order valence-electron chi connectivity index (χ4n) is 2.74. The number of nitrogens with zero attached hydrogens (tertiary/aromatic N) is 4. The monoisotopic (exact) mass is 420 g/mol. The molecule has 0 bridgehead atoms. The summed E-state index contributed by atoms with van der Waals surface area (Å²) in [4.78, 5) is 1.68. The van der Waals surface area contributed by atoms with E-state index in [4.69, 9.17) is 4.42 Å². The molecule has 4 aromatic rings. The predicted octanol–water partition coefficient (Wildman–Crippen LogP) is 5.00. The van der Waals surface area contributed by atoms with E-state index >= 15 is 0 Å². The van der Waals surface area contributed by atoms with Gasteiger partial charge in [-0.15, -0.1) is 10.2 Å². The van der Waals surface area contributed by atoms with Crippen molar-refractivity contribution in [3.63, 3.8) is 0 Å². The van der Waals surface area contributed by atoms with E-state index in [2.05, 4.69) is 15.2 Å². The summed E-state index contributed by atoms with van der Waals surface area (Å²) in [7, 11) is 0. The number of rotatable bonds is 5. The molecule has 0 saturated heterocycles. The summed E-state index contributed by atoms with van der Waals surface area (Å²) in [5.74, 6) is -5.71. The second-order valence-electron chi connectivity index (χ2n) is 6.04. The first-order valence-electron chi connectivity index (χ1n) is 8.35. The summed E-state index contributed by atoms with van der Waals surface area (Å²) in [6.07, 6.45) is 1.48. The highest BCUT2D eigenvalue weighted by Crippen LogP contribution is 2.35. The standard InChI is InChI=1S/C19H12F4N4OS/c1-10-5-2-3-7-12(10)18-25-26-19(27(18)9-11-6-4-8-28-11)29-15-13(20)16(22)24-17(23)14(15)21/h2-8H,9H2,1H3. The lowest BCUT2D eigenvalue weighted by Gasteiger charge is -2.11. The first-order valence-corrected chi connectivity index (χ1v) is 9.16. The van der Waals surface area contributed by atoms with Gasteiger partial charge in [0.25, 0.3) is 11.9 Å². The van der Waals surface area contributed by atoms with Crippen molar-refractivity contribution in [1.82, 2.24) is 19.7 Å². The van der Waals surface area contributed by atoms with Crippen molar-refractivity contribution in [1.29, 1.82) is 0 Å². The molecule has 0 unspecified atom stereocenters. The van der Waals surface area contributed by atoms with Gasteiger partial charge in [0.1, 0.15) is 5.76 Å². The minimum absolute atomic E-state index is 0.0300. The molecule has 0 aliphatic carbocycles. The van der Waals surface area contributed by atoms with Crippen molar-refractivity contribution in [2.45, 2.75) is 23.5 Å². The van der Waals surface area contributed by atoms with Crippen LogP contribution in [-0.4, -0.2) is 19.7 Å². The number of furan rings is 1. The second kappa shape index (κ2) is 7.70. The van der Waals surface area contributed by atoms with Gasteiger partial charge in [-0.3, -0.25) is 4.57 Å². The molecule has 10 heteroatoms. The van der Waals surface area contributed by atoms with Crippen LogP contribution >= 0.6 is 11.8 Å². The lowest BCUT2D eigenvalue weighted by molar-refractivity contribution is 0.383. The average molecular weight is 420 g/mol. The molecule has 4 rings (SSSR count). The second-order valence-corrected chi connectivity index (χ2v) is 7.02. The van der Waals surface area contributed by atoms with Crippen molar-refractivity contribution in [3.05, 3.63) is 77.5 Å². The van der Waals surface area contributed by atoms with Gasteiger partial charge in [-0.05, 0) is 36.4 Å². The number of pyridine rings is 1. The molecule has 0 atom stereocenters. The fraction of sp³-hybridized carbons (Fsp3) is 0.105. The molecule has 0 aliphatic heterocycles. The largest absolute Gasteiger partial charge is 0.467 e. The average Bonchev–Trinajstić information content (AvgIpc) is 3.35. The molecule has 0 aliphatic rings. The van der Waals surface area contributed by atoms with E-state index in [-0.39, 0.29) is 11.7 Å². The maximum Gasteiger partial charge on any atom is 0.252 e. The zero-order valence-electron chi connectivity index (χ0n) is 14.9. The number of aromatic nitrogens is 4. The van der Waals surface area contributed by atoms with Crippen LogP contribution in [-0.2, 0) is 6.54 Å². The third kappa shape index (κ3) is 3.63. The van der Waals surface area contributed by atoms with Crippen LogP contribution in [0.2, 0.25) is 0 Å². The normalized spacial score (nSPS) is 11.2. The van der Waals surface area contributed by atoms with Crippen LogP contribution in [0.4, 0.5) is 17.6 Å². The van der Waals surface area contributed by atoms with Gasteiger partial charge in [0, 0.05) is 5.56 Å². The summed E-state index contributed by atoms with van der Waals surface area (Å²) < 4.78 is 62.1. The van der Waals surface area contributed by atoms with E-state index in [9.17, 15) is 17.6 Å². The number of hydrogen-bond donors (Lipinski definition) is 0. The van der Waals surface area contributed by atoms with Gasteiger partial charge < -0.3 is 4.42 Å². The van der Waals surface area contributed by atoms with Crippen molar-refractivity contribution >= 4 is 11.8 Å². The van der Waals surface area contributed by atoms with Crippen molar-refractivity contribution in [2.75, 3.05) is 0 Å². The van der Waals surface area contributed by atoms with Crippen molar-refractivity contribution in [2.24, 2.45) is 0 Å². The Hall–Kier alpha value is -3.14. The Morgan fingerprint density at radius 1 is 0.966 bits per heavy atom. The van der Waals surface area contributed by atoms with Crippen LogP contribution < -0.4 is 0 Å². The number of benzene rings is 1. The summed E-state index contributed by atoms with van der Waals surface area (Å²) in [5.41, 5.74) is 1.64. The Morgan fingerprint density at radius 2 is 1.69 bits per heavy atom. The van der Waals surface area contributed by atoms with E-state index in [1.54, 1.807) is 16.7 Å². The maximum absolute atomic E-state index is 14.1. The molecular formula is C19H12F4N4OS. The number of aryl methyl sites for hydroxylation is 1. The Labute approximate surface area is 166 Å². The lowest BCUT2D eigenvalue weighted by Crippen LogP contribution is -2.06. The first kappa shape index (κ1) is 19.2. The zero-order valence-corrected chi connectivity index (χ0v) is 15.7. The predicted molar refractivity (Wildman–Crippen MR) is 96.2 cm³/mol. The van der Waals surface area contributed by atoms with Gasteiger partial charge >= 0.3 is 0 Å². The van der Waals surface area contributed by atoms with Gasteiger partial charge in [-0.2, -0.15) is 13.8 Å². The number of halogens is 4. The minimum Gasteiger partial charge on any atom is -0.467 e. The Morgan fingerprint density at radius 3 is 2.34 bits per heavy atom. The molecule has 1 aromatic carbocycles. The van der Waals surface area contributed by atoms with Crippen molar-refractivity contribution in [3.8, 4) is 11.4 Å².